The molecule has 1 heterocycles. The van der Waals surface area contributed by atoms with E-state index in [2.05, 4.69) is 10.1 Å². The van der Waals surface area contributed by atoms with Crippen molar-refractivity contribution < 1.29 is 12.9 Å². The van der Waals surface area contributed by atoms with Gasteiger partial charge in [-0.3, -0.25) is 0 Å². The van der Waals surface area contributed by atoms with E-state index in [1.165, 1.54) is 18.2 Å². The van der Waals surface area contributed by atoms with Crippen LogP contribution in [-0.2, 0) is 22.0 Å². The van der Waals surface area contributed by atoms with E-state index in [0.717, 1.165) is 6.42 Å². The van der Waals surface area contributed by atoms with Crippen molar-refractivity contribution in [3.8, 4) is 0 Å². The number of sulfone groups is 1. The van der Waals surface area contributed by atoms with Crippen LogP contribution in [0.5, 0.6) is 0 Å². The van der Waals surface area contributed by atoms with Crippen LogP contribution in [-0.4, -0.2) is 18.6 Å². The lowest BCUT2D eigenvalue weighted by Crippen LogP contribution is -2.06. The summed E-state index contributed by atoms with van der Waals surface area (Å²) < 4.78 is 29.5. The SMILES string of the molecule is CCCc1noc(CS(=O)(=O)c2cc(Cl)ccc2Cl)n1. The summed E-state index contributed by atoms with van der Waals surface area (Å²) in [6.45, 7) is 1.97. The number of aromatic nitrogens is 2. The second-order valence-electron chi connectivity index (χ2n) is 4.19. The van der Waals surface area contributed by atoms with Gasteiger partial charge in [0.05, 0.1) is 9.92 Å². The van der Waals surface area contributed by atoms with Crippen LogP contribution in [0.1, 0.15) is 25.1 Å². The van der Waals surface area contributed by atoms with Gasteiger partial charge in [0, 0.05) is 11.4 Å². The van der Waals surface area contributed by atoms with Crippen LogP contribution in [0.3, 0.4) is 0 Å². The minimum absolute atomic E-state index is 0.0399. The zero-order valence-electron chi connectivity index (χ0n) is 10.6. The molecule has 0 saturated carbocycles. The van der Waals surface area contributed by atoms with Gasteiger partial charge in [0.1, 0.15) is 5.75 Å². The molecule has 0 amide bonds. The minimum atomic E-state index is -3.68. The predicted octanol–water partition coefficient (Wildman–Crippen LogP) is 3.30. The molecule has 0 unspecified atom stereocenters. The molecule has 8 heteroatoms. The van der Waals surface area contributed by atoms with Gasteiger partial charge in [-0.25, -0.2) is 8.42 Å². The summed E-state index contributed by atoms with van der Waals surface area (Å²) in [6, 6.07) is 4.27. The second kappa shape index (κ2) is 6.11. The van der Waals surface area contributed by atoms with Crippen molar-refractivity contribution in [3.63, 3.8) is 0 Å². The Morgan fingerprint density at radius 3 is 2.75 bits per heavy atom. The molecule has 0 N–H and O–H groups in total. The van der Waals surface area contributed by atoms with Crippen LogP contribution in [0.4, 0.5) is 0 Å². The number of halogens is 2. The number of nitrogens with zero attached hydrogens (tertiary/aromatic N) is 2. The van der Waals surface area contributed by atoms with E-state index >= 15 is 0 Å². The third kappa shape index (κ3) is 3.50. The van der Waals surface area contributed by atoms with Crippen molar-refractivity contribution in [1.82, 2.24) is 10.1 Å². The molecule has 1 aromatic carbocycles. The molecule has 2 aromatic rings. The molecule has 5 nitrogen and oxygen atoms in total. The van der Waals surface area contributed by atoms with E-state index in [9.17, 15) is 8.42 Å². The summed E-state index contributed by atoms with van der Waals surface area (Å²) in [5.74, 6) is 0.142. The van der Waals surface area contributed by atoms with Crippen molar-refractivity contribution in [1.29, 1.82) is 0 Å². The molecule has 0 spiro atoms. The molecule has 0 aliphatic rings. The van der Waals surface area contributed by atoms with E-state index in [0.29, 0.717) is 17.3 Å². The summed E-state index contributed by atoms with van der Waals surface area (Å²) in [4.78, 5) is 3.99. The molecule has 2 rings (SSSR count). The van der Waals surface area contributed by atoms with Gasteiger partial charge in [-0.15, -0.1) is 0 Å². The highest BCUT2D eigenvalue weighted by atomic mass is 35.5. The average molecular weight is 335 g/mol. The molecule has 20 heavy (non-hydrogen) atoms. The van der Waals surface area contributed by atoms with Gasteiger partial charge in [-0.2, -0.15) is 4.98 Å². The van der Waals surface area contributed by atoms with Crippen LogP contribution in [0.2, 0.25) is 10.0 Å². The first-order valence-electron chi connectivity index (χ1n) is 5.91. The first-order chi connectivity index (χ1) is 9.42. The van der Waals surface area contributed by atoms with E-state index in [-0.39, 0.29) is 15.8 Å². The third-order valence-electron chi connectivity index (χ3n) is 2.53. The first-order valence-corrected chi connectivity index (χ1v) is 8.32. The number of hydrogen-bond acceptors (Lipinski definition) is 5. The van der Waals surface area contributed by atoms with Crippen LogP contribution >= 0.6 is 23.2 Å². The number of benzene rings is 1. The van der Waals surface area contributed by atoms with Crippen molar-refractivity contribution in [2.45, 2.75) is 30.4 Å². The Labute approximate surface area is 126 Å². The van der Waals surface area contributed by atoms with Crippen molar-refractivity contribution in [2.24, 2.45) is 0 Å². The summed E-state index contributed by atoms with van der Waals surface area (Å²) in [5, 5.41) is 4.12. The Morgan fingerprint density at radius 2 is 2.05 bits per heavy atom. The molecule has 1 aromatic heterocycles. The lowest BCUT2D eigenvalue weighted by molar-refractivity contribution is 0.382. The Morgan fingerprint density at radius 1 is 1.30 bits per heavy atom. The average Bonchev–Trinajstić information content (AvgIpc) is 2.79. The van der Waals surface area contributed by atoms with Gasteiger partial charge < -0.3 is 4.52 Å². The molecule has 108 valence electrons. The summed E-state index contributed by atoms with van der Waals surface area (Å²) in [6.07, 6.45) is 1.49. The van der Waals surface area contributed by atoms with Crippen LogP contribution in [0.25, 0.3) is 0 Å². The van der Waals surface area contributed by atoms with Crippen LogP contribution in [0, 0.1) is 0 Å². The third-order valence-corrected chi connectivity index (χ3v) is 4.84. The summed E-state index contributed by atoms with van der Waals surface area (Å²) in [5.41, 5.74) is 0. The second-order valence-corrected chi connectivity index (χ2v) is 6.99. The lowest BCUT2D eigenvalue weighted by atomic mass is 10.3. The van der Waals surface area contributed by atoms with E-state index in [1.54, 1.807) is 0 Å². The highest BCUT2D eigenvalue weighted by Crippen LogP contribution is 2.27. The molecule has 0 saturated heterocycles. The molecule has 0 radical (unpaired) electrons. The predicted molar refractivity (Wildman–Crippen MR) is 75.6 cm³/mol. The van der Waals surface area contributed by atoms with E-state index in [4.69, 9.17) is 27.7 Å². The van der Waals surface area contributed by atoms with Gasteiger partial charge in [-0.05, 0) is 24.6 Å². The first kappa shape index (κ1) is 15.3. The maximum atomic E-state index is 12.3. The molecular formula is C12H12Cl2N2O3S. The van der Waals surface area contributed by atoms with Gasteiger partial charge in [0.15, 0.2) is 15.7 Å². The van der Waals surface area contributed by atoms with Gasteiger partial charge in [0.2, 0.25) is 5.89 Å². The number of rotatable bonds is 5. The van der Waals surface area contributed by atoms with Crippen molar-refractivity contribution in [3.05, 3.63) is 40.0 Å². The fourth-order valence-corrected chi connectivity index (χ4v) is 3.61. The summed E-state index contributed by atoms with van der Waals surface area (Å²) in [7, 11) is -3.68. The van der Waals surface area contributed by atoms with Crippen LogP contribution in [0.15, 0.2) is 27.6 Å². The van der Waals surface area contributed by atoms with Crippen LogP contribution < -0.4 is 0 Å². The topological polar surface area (TPSA) is 73.1 Å². The van der Waals surface area contributed by atoms with Gasteiger partial charge in [0.25, 0.3) is 0 Å². The Kier molecular flexibility index (Phi) is 4.67. The molecular weight excluding hydrogens is 323 g/mol. The Balaban J connectivity index is 2.28. The molecule has 0 aliphatic heterocycles. The van der Waals surface area contributed by atoms with Crippen molar-refractivity contribution in [2.75, 3.05) is 0 Å². The zero-order valence-corrected chi connectivity index (χ0v) is 13.0. The largest absolute Gasteiger partial charge is 0.338 e. The minimum Gasteiger partial charge on any atom is -0.338 e. The zero-order chi connectivity index (χ0) is 14.8. The van der Waals surface area contributed by atoms with E-state index < -0.39 is 15.6 Å². The smallest absolute Gasteiger partial charge is 0.242 e. The molecule has 0 bridgehead atoms. The molecule has 0 atom stereocenters. The van der Waals surface area contributed by atoms with Gasteiger partial charge in [-0.1, -0.05) is 35.3 Å². The quantitative estimate of drug-likeness (QED) is 0.838. The number of hydrogen-bond donors (Lipinski definition) is 0. The lowest BCUT2D eigenvalue weighted by Gasteiger charge is -2.04. The fourth-order valence-electron chi connectivity index (χ4n) is 1.63. The molecule has 0 aliphatic carbocycles. The monoisotopic (exact) mass is 334 g/mol. The van der Waals surface area contributed by atoms with Gasteiger partial charge >= 0.3 is 0 Å². The summed E-state index contributed by atoms with van der Waals surface area (Å²) >= 11 is 11.7. The highest BCUT2D eigenvalue weighted by Gasteiger charge is 2.22. The molecule has 0 fully saturated rings. The number of aryl methyl sites for hydroxylation is 1. The standard InChI is InChI=1S/C12H12Cl2N2O3S/c1-2-3-11-15-12(19-16-11)7-20(17,18)10-6-8(13)4-5-9(10)14/h4-6H,2-3,7H2,1H3. The van der Waals surface area contributed by atoms with E-state index in [1.807, 2.05) is 6.92 Å². The normalized spacial score (nSPS) is 11.8. The Bertz CT molecular complexity index is 713. The fraction of sp³-hybridized carbons (Fsp3) is 0.333. The highest BCUT2D eigenvalue weighted by molar-refractivity contribution is 7.90. The maximum absolute atomic E-state index is 12.3. The maximum Gasteiger partial charge on any atom is 0.242 e. The van der Waals surface area contributed by atoms with Crippen molar-refractivity contribution >= 4 is 33.0 Å². The Hall–Kier alpha value is -1.11.